The third-order valence-corrected chi connectivity index (χ3v) is 4.92. The lowest BCUT2D eigenvalue weighted by Gasteiger charge is -2.15. The Morgan fingerprint density at radius 1 is 1.24 bits per heavy atom. The molecule has 0 aliphatic carbocycles. The minimum atomic E-state index is -0.226. The molecule has 3 rings (SSSR count). The van der Waals surface area contributed by atoms with Crippen LogP contribution in [0.2, 0.25) is 0 Å². The average Bonchev–Trinajstić information content (AvgIpc) is 2.75. The Balaban J connectivity index is 2.00. The van der Waals surface area contributed by atoms with E-state index in [0.29, 0.717) is 12.0 Å². The van der Waals surface area contributed by atoms with Gasteiger partial charge in [-0.25, -0.2) is 4.39 Å². The van der Waals surface area contributed by atoms with Crippen LogP contribution in [0.1, 0.15) is 27.1 Å². The number of fused-ring (bicyclic) bond motifs is 1. The first-order valence-electron chi connectivity index (χ1n) is 6.77. The standard InChI is InChI=1S/C17H15BrFNO/c1-10-3-5-14(19)13(7-10)17(18)11-4-6-15-12(8-11)9-16(21)20(15)2/h3-8,17H,9H2,1-2H3. The highest BCUT2D eigenvalue weighted by molar-refractivity contribution is 9.09. The summed E-state index contributed by atoms with van der Waals surface area (Å²) < 4.78 is 14.0. The van der Waals surface area contributed by atoms with E-state index in [-0.39, 0.29) is 16.6 Å². The summed E-state index contributed by atoms with van der Waals surface area (Å²) in [5.74, 6) is -0.133. The van der Waals surface area contributed by atoms with Crippen molar-refractivity contribution in [2.24, 2.45) is 0 Å². The summed E-state index contributed by atoms with van der Waals surface area (Å²) in [6.07, 6.45) is 0.412. The number of benzene rings is 2. The topological polar surface area (TPSA) is 20.3 Å². The Bertz CT molecular complexity index is 729. The predicted molar refractivity (Wildman–Crippen MR) is 85.5 cm³/mol. The van der Waals surface area contributed by atoms with Crippen LogP contribution in [0, 0.1) is 12.7 Å². The van der Waals surface area contributed by atoms with E-state index in [1.807, 2.05) is 31.2 Å². The predicted octanol–water partition coefficient (Wildman–Crippen LogP) is 4.14. The van der Waals surface area contributed by atoms with Gasteiger partial charge in [0.25, 0.3) is 0 Å². The summed E-state index contributed by atoms with van der Waals surface area (Å²) in [7, 11) is 1.78. The number of halogens is 2. The summed E-state index contributed by atoms with van der Waals surface area (Å²) in [6.45, 7) is 1.94. The monoisotopic (exact) mass is 347 g/mol. The van der Waals surface area contributed by atoms with Crippen molar-refractivity contribution < 1.29 is 9.18 Å². The molecule has 0 N–H and O–H groups in total. The van der Waals surface area contributed by atoms with Gasteiger partial charge in [0.2, 0.25) is 5.91 Å². The van der Waals surface area contributed by atoms with Crippen molar-refractivity contribution in [2.45, 2.75) is 18.2 Å². The molecule has 4 heteroatoms. The summed E-state index contributed by atoms with van der Waals surface area (Å²) in [6, 6.07) is 10.9. The van der Waals surface area contributed by atoms with Crippen LogP contribution in [0.5, 0.6) is 0 Å². The van der Waals surface area contributed by atoms with Crippen LogP contribution in [-0.4, -0.2) is 13.0 Å². The molecule has 0 radical (unpaired) electrons. The molecular formula is C17H15BrFNO. The molecule has 1 aliphatic rings. The van der Waals surface area contributed by atoms with Crippen LogP contribution in [0.15, 0.2) is 36.4 Å². The van der Waals surface area contributed by atoms with Crippen LogP contribution in [0.4, 0.5) is 10.1 Å². The van der Waals surface area contributed by atoms with Crippen LogP contribution in [0.25, 0.3) is 0 Å². The van der Waals surface area contributed by atoms with E-state index >= 15 is 0 Å². The molecule has 2 aromatic carbocycles. The Hall–Kier alpha value is -1.68. The fraction of sp³-hybridized carbons (Fsp3) is 0.235. The first kappa shape index (κ1) is 14.3. The lowest BCUT2D eigenvalue weighted by molar-refractivity contribution is -0.117. The van der Waals surface area contributed by atoms with E-state index in [1.54, 1.807) is 18.0 Å². The van der Waals surface area contributed by atoms with Crippen LogP contribution in [0.3, 0.4) is 0 Å². The normalized spacial score (nSPS) is 15.2. The molecule has 1 heterocycles. The zero-order chi connectivity index (χ0) is 15.1. The lowest BCUT2D eigenvalue weighted by Crippen LogP contribution is -2.20. The maximum Gasteiger partial charge on any atom is 0.231 e. The van der Waals surface area contributed by atoms with Gasteiger partial charge in [-0.15, -0.1) is 0 Å². The molecule has 2 nitrogen and oxygen atoms in total. The van der Waals surface area contributed by atoms with Crippen molar-refractivity contribution in [3.63, 3.8) is 0 Å². The van der Waals surface area contributed by atoms with Gasteiger partial charge >= 0.3 is 0 Å². The van der Waals surface area contributed by atoms with E-state index in [2.05, 4.69) is 15.9 Å². The Morgan fingerprint density at radius 3 is 2.76 bits per heavy atom. The molecule has 0 aromatic heterocycles. The molecule has 1 atom stereocenters. The van der Waals surface area contributed by atoms with Gasteiger partial charge in [-0.3, -0.25) is 4.79 Å². The second-order valence-corrected chi connectivity index (χ2v) is 6.32. The second kappa shape index (κ2) is 5.26. The first-order chi connectivity index (χ1) is 9.97. The summed E-state index contributed by atoms with van der Waals surface area (Å²) in [5.41, 5.74) is 4.53. The maximum absolute atomic E-state index is 14.0. The van der Waals surface area contributed by atoms with E-state index in [4.69, 9.17) is 0 Å². The van der Waals surface area contributed by atoms with Crippen molar-refractivity contribution in [1.82, 2.24) is 0 Å². The average molecular weight is 348 g/mol. The fourth-order valence-corrected chi connectivity index (χ4v) is 3.32. The Kier molecular flexibility index (Phi) is 3.57. The number of amides is 1. The highest BCUT2D eigenvalue weighted by Crippen LogP contribution is 2.37. The minimum absolute atomic E-state index is 0.0926. The van der Waals surface area contributed by atoms with Gasteiger partial charge in [-0.2, -0.15) is 0 Å². The quantitative estimate of drug-likeness (QED) is 0.747. The van der Waals surface area contributed by atoms with Gasteiger partial charge in [0.15, 0.2) is 0 Å². The zero-order valence-electron chi connectivity index (χ0n) is 11.9. The van der Waals surface area contributed by atoms with Crippen molar-refractivity contribution in [2.75, 3.05) is 11.9 Å². The number of rotatable bonds is 2. The van der Waals surface area contributed by atoms with Gasteiger partial charge in [-0.05, 0) is 30.2 Å². The van der Waals surface area contributed by atoms with Gasteiger partial charge in [-0.1, -0.05) is 45.8 Å². The van der Waals surface area contributed by atoms with Gasteiger partial charge in [0.05, 0.1) is 11.2 Å². The van der Waals surface area contributed by atoms with Gasteiger partial charge in [0, 0.05) is 18.3 Å². The number of hydrogen-bond donors (Lipinski definition) is 0. The highest BCUT2D eigenvalue weighted by Gasteiger charge is 2.25. The maximum atomic E-state index is 14.0. The molecule has 0 saturated heterocycles. The fourth-order valence-electron chi connectivity index (χ4n) is 2.68. The van der Waals surface area contributed by atoms with Crippen LogP contribution in [-0.2, 0) is 11.2 Å². The Labute approximate surface area is 131 Å². The molecule has 1 unspecified atom stereocenters. The summed E-state index contributed by atoms with van der Waals surface area (Å²) in [4.78, 5) is 13.2. The molecule has 0 spiro atoms. The molecule has 1 amide bonds. The SMILES string of the molecule is Cc1ccc(F)c(C(Br)c2ccc3c(c2)CC(=O)N3C)c1. The number of nitrogens with zero attached hydrogens (tertiary/aromatic N) is 1. The third-order valence-electron chi connectivity index (χ3n) is 3.90. The number of alkyl halides is 1. The zero-order valence-corrected chi connectivity index (χ0v) is 13.4. The first-order valence-corrected chi connectivity index (χ1v) is 7.68. The lowest BCUT2D eigenvalue weighted by atomic mass is 10.00. The van der Waals surface area contributed by atoms with E-state index in [0.717, 1.165) is 22.4 Å². The highest BCUT2D eigenvalue weighted by atomic mass is 79.9. The Morgan fingerprint density at radius 2 is 2.00 bits per heavy atom. The van der Waals surface area contributed by atoms with Crippen molar-refractivity contribution in [1.29, 1.82) is 0 Å². The summed E-state index contributed by atoms with van der Waals surface area (Å²) >= 11 is 3.58. The molecule has 21 heavy (non-hydrogen) atoms. The minimum Gasteiger partial charge on any atom is -0.315 e. The number of aryl methyl sites for hydroxylation is 1. The number of carbonyl (C=O) groups is 1. The van der Waals surface area contributed by atoms with E-state index in [9.17, 15) is 9.18 Å². The van der Waals surface area contributed by atoms with Crippen molar-refractivity contribution in [3.05, 3.63) is 64.5 Å². The molecule has 1 aliphatic heterocycles. The number of carbonyl (C=O) groups excluding carboxylic acids is 1. The molecule has 108 valence electrons. The largest absolute Gasteiger partial charge is 0.315 e. The van der Waals surface area contributed by atoms with Gasteiger partial charge < -0.3 is 4.90 Å². The second-order valence-electron chi connectivity index (χ2n) is 5.41. The summed E-state index contributed by atoms with van der Waals surface area (Å²) in [5, 5.41) is 0. The van der Waals surface area contributed by atoms with Crippen molar-refractivity contribution in [3.8, 4) is 0 Å². The number of hydrogen-bond acceptors (Lipinski definition) is 1. The third kappa shape index (κ3) is 2.48. The molecule has 2 aromatic rings. The number of likely N-dealkylation sites (N-methyl/N-ethyl adjacent to an activating group) is 1. The van der Waals surface area contributed by atoms with Crippen LogP contribution < -0.4 is 4.90 Å². The van der Waals surface area contributed by atoms with Crippen LogP contribution >= 0.6 is 15.9 Å². The number of anilines is 1. The van der Waals surface area contributed by atoms with E-state index in [1.165, 1.54) is 6.07 Å². The molecule has 0 fully saturated rings. The smallest absolute Gasteiger partial charge is 0.231 e. The van der Waals surface area contributed by atoms with E-state index < -0.39 is 0 Å². The molecule has 0 saturated carbocycles. The molecule has 0 bridgehead atoms. The van der Waals surface area contributed by atoms with Gasteiger partial charge in [0.1, 0.15) is 5.82 Å². The van der Waals surface area contributed by atoms with Crippen molar-refractivity contribution >= 4 is 27.5 Å². The molecular weight excluding hydrogens is 333 g/mol.